The first-order valence-electron chi connectivity index (χ1n) is 9.08. The molecular formula is C19H31ClN3O+. The van der Waals surface area contributed by atoms with E-state index in [0.717, 1.165) is 49.7 Å². The third kappa shape index (κ3) is 5.99. The number of hydrogen-bond donors (Lipinski definition) is 2. The van der Waals surface area contributed by atoms with Crippen LogP contribution in [0.5, 0.6) is 0 Å². The van der Waals surface area contributed by atoms with Crippen LogP contribution in [0.3, 0.4) is 0 Å². The molecule has 0 aliphatic carbocycles. The number of piperazine rings is 1. The molecule has 0 spiro atoms. The maximum absolute atomic E-state index is 12.2. The summed E-state index contributed by atoms with van der Waals surface area (Å²) in [7, 11) is 0. The van der Waals surface area contributed by atoms with Crippen LogP contribution in [0.25, 0.3) is 0 Å². The van der Waals surface area contributed by atoms with Gasteiger partial charge in [0.05, 0.1) is 36.9 Å². The zero-order valence-corrected chi connectivity index (χ0v) is 15.9. The molecule has 1 aliphatic heterocycles. The fourth-order valence-electron chi connectivity index (χ4n) is 3.16. The van der Waals surface area contributed by atoms with Gasteiger partial charge in [-0.05, 0) is 37.8 Å². The molecule has 24 heavy (non-hydrogen) atoms. The Kier molecular flexibility index (Phi) is 7.38. The van der Waals surface area contributed by atoms with Gasteiger partial charge in [0, 0.05) is 6.04 Å². The Morgan fingerprint density at radius 2 is 1.88 bits per heavy atom. The van der Waals surface area contributed by atoms with Crippen LogP contribution in [-0.4, -0.2) is 44.7 Å². The summed E-state index contributed by atoms with van der Waals surface area (Å²) in [4.78, 5) is 15.9. The molecule has 1 amide bonds. The van der Waals surface area contributed by atoms with Crippen molar-refractivity contribution in [2.75, 3.05) is 37.6 Å². The maximum atomic E-state index is 12.2. The number of carbonyl (C=O) groups excluding carboxylic acids is 1. The average Bonchev–Trinajstić information content (AvgIpc) is 2.54. The number of anilines is 1. The van der Waals surface area contributed by atoms with Crippen molar-refractivity contribution in [1.82, 2.24) is 5.32 Å². The summed E-state index contributed by atoms with van der Waals surface area (Å²) in [5, 5.41) is 3.94. The van der Waals surface area contributed by atoms with Crippen LogP contribution in [0.1, 0.15) is 33.6 Å². The van der Waals surface area contributed by atoms with E-state index in [1.165, 1.54) is 4.90 Å². The van der Waals surface area contributed by atoms with Crippen molar-refractivity contribution >= 4 is 23.2 Å². The van der Waals surface area contributed by atoms with Gasteiger partial charge in [-0.1, -0.05) is 37.6 Å². The maximum Gasteiger partial charge on any atom is 0.275 e. The van der Waals surface area contributed by atoms with Gasteiger partial charge >= 0.3 is 0 Å². The molecule has 0 saturated carbocycles. The van der Waals surface area contributed by atoms with Crippen molar-refractivity contribution in [2.24, 2.45) is 5.92 Å². The molecule has 2 N–H and O–H groups in total. The molecule has 0 bridgehead atoms. The molecule has 5 heteroatoms. The third-order valence-corrected chi connectivity index (χ3v) is 4.98. The third-order valence-electron chi connectivity index (χ3n) is 4.66. The number of nitrogens with one attached hydrogen (secondary N) is 2. The Balaban J connectivity index is 1.73. The summed E-state index contributed by atoms with van der Waals surface area (Å²) in [6.07, 6.45) is 2.21. The normalized spacial score (nSPS) is 17.1. The van der Waals surface area contributed by atoms with Crippen LogP contribution in [0.4, 0.5) is 5.69 Å². The second-order valence-electron chi connectivity index (χ2n) is 7.30. The number of halogens is 1. The SMILES string of the molecule is CC(C)CC[C@@H](C)NC(=O)C[NH+]1CCN(c2ccccc2Cl)CC1. The fourth-order valence-corrected chi connectivity index (χ4v) is 3.41. The van der Waals surface area contributed by atoms with Gasteiger partial charge in [-0.15, -0.1) is 0 Å². The highest BCUT2D eigenvalue weighted by molar-refractivity contribution is 6.33. The van der Waals surface area contributed by atoms with Crippen molar-refractivity contribution in [3.63, 3.8) is 0 Å². The lowest BCUT2D eigenvalue weighted by Gasteiger charge is -2.34. The highest BCUT2D eigenvalue weighted by Gasteiger charge is 2.23. The van der Waals surface area contributed by atoms with Crippen molar-refractivity contribution in [2.45, 2.75) is 39.7 Å². The first-order chi connectivity index (χ1) is 11.5. The van der Waals surface area contributed by atoms with E-state index in [2.05, 4.69) is 37.1 Å². The van der Waals surface area contributed by atoms with E-state index < -0.39 is 0 Å². The first-order valence-corrected chi connectivity index (χ1v) is 9.46. The topological polar surface area (TPSA) is 36.8 Å². The predicted octanol–water partition coefficient (Wildman–Crippen LogP) is 1.99. The Hall–Kier alpha value is -1.26. The lowest BCUT2D eigenvalue weighted by Crippen LogP contribution is -3.16. The quantitative estimate of drug-likeness (QED) is 0.787. The minimum atomic E-state index is 0.174. The van der Waals surface area contributed by atoms with Crippen LogP contribution in [0.15, 0.2) is 24.3 Å². The molecule has 134 valence electrons. The Morgan fingerprint density at radius 1 is 1.21 bits per heavy atom. The average molecular weight is 353 g/mol. The molecule has 1 fully saturated rings. The second-order valence-corrected chi connectivity index (χ2v) is 7.71. The van der Waals surface area contributed by atoms with Crippen molar-refractivity contribution in [1.29, 1.82) is 0 Å². The lowest BCUT2D eigenvalue weighted by molar-refractivity contribution is -0.892. The fraction of sp³-hybridized carbons (Fsp3) is 0.632. The Bertz CT molecular complexity index is 527. The van der Waals surface area contributed by atoms with Crippen LogP contribution >= 0.6 is 11.6 Å². The van der Waals surface area contributed by atoms with E-state index in [1.807, 2.05) is 18.2 Å². The number of benzene rings is 1. The largest absolute Gasteiger partial charge is 0.359 e. The molecule has 4 nitrogen and oxygen atoms in total. The summed E-state index contributed by atoms with van der Waals surface area (Å²) >= 11 is 6.27. The highest BCUT2D eigenvalue weighted by Crippen LogP contribution is 2.24. The first kappa shape index (κ1) is 19.1. The molecule has 0 radical (unpaired) electrons. The monoisotopic (exact) mass is 352 g/mol. The number of rotatable bonds is 7. The zero-order valence-electron chi connectivity index (χ0n) is 15.1. The number of nitrogens with zero attached hydrogens (tertiary/aromatic N) is 1. The molecule has 0 aromatic heterocycles. The smallest absolute Gasteiger partial charge is 0.275 e. The van der Waals surface area contributed by atoms with E-state index in [-0.39, 0.29) is 11.9 Å². The highest BCUT2D eigenvalue weighted by atomic mass is 35.5. The van der Waals surface area contributed by atoms with Crippen molar-refractivity contribution in [3.8, 4) is 0 Å². The van der Waals surface area contributed by atoms with Crippen LogP contribution in [0, 0.1) is 5.92 Å². The molecule has 1 aromatic carbocycles. The summed E-state index contributed by atoms with van der Waals surface area (Å²) in [6, 6.07) is 8.24. The minimum absolute atomic E-state index is 0.174. The van der Waals surface area contributed by atoms with Gasteiger partial charge in [0.25, 0.3) is 5.91 Å². The number of amides is 1. The molecule has 1 aromatic rings. The summed E-state index contributed by atoms with van der Waals surface area (Å²) in [5.41, 5.74) is 1.10. The number of para-hydroxylation sites is 1. The molecule has 2 rings (SSSR count). The standard InChI is InChI=1S/C19H30ClN3O/c1-15(2)8-9-16(3)21-19(24)14-22-10-12-23(13-11-22)18-7-5-4-6-17(18)20/h4-7,15-16H,8-14H2,1-3H3,(H,21,24)/p+1/t16-/m1/s1. The zero-order chi connectivity index (χ0) is 17.5. The van der Waals surface area contributed by atoms with E-state index in [9.17, 15) is 4.79 Å². The number of hydrogen-bond acceptors (Lipinski definition) is 2. The summed E-state index contributed by atoms with van der Waals surface area (Å²) < 4.78 is 0. The number of quaternary nitrogens is 1. The summed E-state index contributed by atoms with van der Waals surface area (Å²) in [6.45, 7) is 10.9. The molecule has 1 aliphatic rings. The molecule has 1 atom stereocenters. The van der Waals surface area contributed by atoms with Crippen LogP contribution in [0.2, 0.25) is 5.02 Å². The van der Waals surface area contributed by atoms with Gasteiger partial charge in [-0.2, -0.15) is 0 Å². The molecule has 1 saturated heterocycles. The second kappa shape index (κ2) is 9.28. The Labute approximate surface area is 151 Å². The molecular weight excluding hydrogens is 322 g/mol. The van der Waals surface area contributed by atoms with Crippen molar-refractivity contribution < 1.29 is 9.69 Å². The van der Waals surface area contributed by atoms with Crippen molar-refractivity contribution in [3.05, 3.63) is 29.3 Å². The van der Waals surface area contributed by atoms with E-state index in [0.29, 0.717) is 12.5 Å². The van der Waals surface area contributed by atoms with Gasteiger partial charge in [0.1, 0.15) is 0 Å². The van der Waals surface area contributed by atoms with Crippen LogP contribution in [-0.2, 0) is 4.79 Å². The van der Waals surface area contributed by atoms with E-state index >= 15 is 0 Å². The molecule has 1 heterocycles. The van der Waals surface area contributed by atoms with E-state index in [4.69, 9.17) is 11.6 Å². The van der Waals surface area contributed by atoms with Gasteiger partial charge in [0.2, 0.25) is 0 Å². The van der Waals surface area contributed by atoms with Gasteiger partial charge < -0.3 is 15.1 Å². The van der Waals surface area contributed by atoms with Crippen LogP contribution < -0.4 is 15.1 Å². The summed E-state index contributed by atoms with van der Waals surface area (Å²) in [5.74, 6) is 0.861. The van der Waals surface area contributed by atoms with Gasteiger partial charge in [-0.25, -0.2) is 0 Å². The van der Waals surface area contributed by atoms with Gasteiger partial charge in [0.15, 0.2) is 6.54 Å². The number of carbonyl (C=O) groups is 1. The van der Waals surface area contributed by atoms with E-state index in [1.54, 1.807) is 0 Å². The minimum Gasteiger partial charge on any atom is -0.359 e. The Morgan fingerprint density at radius 3 is 2.50 bits per heavy atom. The predicted molar refractivity (Wildman–Crippen MR) is 101 cm³/mol. The van der Waals surface area contributed by atoms with Gasteiger partial charge in [-0.3, -0.25) is 4.79 Å². The lowest BCUT2D eigenvalue weighted by atomic mass is 10.0. The molecule has 0 unspecified atom stereocenters.